The van der Waals surface area contributed by atoms with Crippen LogP contribution in [0.2, 0.25) is 0 Å². The van der Waals surface area contributed by atoms with Gasteiger partial charge in [-0.1, -0.05) is 11.6 Å². The Hall–Kier alpha value is -2.94. The van der Waals surface area contributed by atoms with E-state index in [4.69, 9.17) is 21.7 Å². The summed E-state index contributed by atoms with van der Waals surface area (Å²) >= 11 is 0. The summed E-state index contributed by atoms with van der Waals surface area (Å²) in [5, 5.41) is 24.9. The molecule has 0 unspecified atom stereocenters. The minimum Gasteiger partial charge on any atom is -0.480 e. The molecule has 9 nitrogen and oxygen atoms in total. The van der Waals surface area contributed by atoms with Crippen LogP contribution in [0.4, 0.5) is 0 Å². The van der Waals surface area contributed by atoms with Crippen LogP contribution < -0.4 is 11.5 Å². The van der Waals surface area contributed by atoms with Crippen molar-refractivity contribution in [3.05, 3.63) is 34.9 Å². The minimum atomic E-state index is -1.10. The lowest BCUT2D eigenvalue weighted by Gasteiger charge is -2.18. The van der Waals surface area contributed by atoms with E-state index in [1.165, 1.54) is 4.90 Å². The molecule has 0 aliphatic carbocycles. The van der Waals surface area contributed by atoms with Gasteiger partial charge in [0.15, 0.2) is 5.84 Å². The molecule has 0 amide bonds. The van der Waals surface area contributed by atoms with Crippen molar-refractivity contribution in [2.45, 2.75) is 13.5 Å². The molecule has 1 rings (SSSR count). The molecule has 0 aliphatic heterocycles. The first-order valence-electron chi connectivity index (χ1n) is 6.65. The summed E-state index contributed by atoms with van der Waals surface area (Å²) in [5.41, 5.74) is 13.1. The molecule has 0 atom stereocenters. The number of carboxylic acids is 2. The van der Waals surface area contributed by atoms with E-state index in [1.54, 1.807) is 12.1 Å². The number of carbonyl (C=O) groups is 2. The smallest absolute Gasteiger partial charge is 0.317 e. The topological polar surface area (TPSA) is 155 Å². The first-order chi connectivity index (χ1) is 10.8. The van der Waals surface area contributed by atoms with Crippen molar-refractivity contribution in [3.8, 4) is 0 Å². The maximum atomic E-state index is 10.8. The van der Waals surface area contributed by atoms with Gasteiger partial charge in [-0.05, 0) is 24.6 Å². The highest BCUT2D eigenvalue weighted by Gasteiger charge is 2.14. The molecule has 124 valence electrons. The molecule has 0 heterocycles. The molecular formula is C14H19N5O4. The number of carboxylic acid groups (broad SMARTS) is 2. The third-order valence-corrected chi connectivity index (χ3v) is 2.79. The summed E-state index contributed by atoms with van der Waals surface area (Å²) in [6.45, 7) is 1.24. The third-order valence-electron chi connectivity index (χ3n) is 2.79. The van der Waals surface area contributed by atoms with Gasteiger partial charge in [0.25, 0.3) is 0 Å². The lowest BCUT2D eigenvalue weighted by molar-refractivity contribution is -0.142. The van der Waals surface area contributed by atoms with E-state index in [-0.39, 0.29) is 25.5 Å². The Balaban J connectivity index is 3.04. The number of benzene rings is 1. The van der Waals surface area contributed by atoms with Crippen LogP contribution in [-0.4, -0.2) is 52.3 Å². The normalized spacial score (nSPS) is 12.0. The lowest BCUT2D eigenvalue weighted by Crippen LogP contribution is -2.34. The molecule has 0 fully saturated rings. The van der Waals surface area contributed by atoms with Crippen LogP contribution in [0.1, 0.15) is 16.7 Å². The molecule has 0 saturated carbocycles. The van der Waals surface area contributed by atoms with Gasteiger partial charge in [-0.25, -0.2) is 0 Å². The van der Waals surface area contributed by atoms with Gasteiger partial charge in [0.1, 0.15) is 6.34 Å². The molecule has 9 heteroatoms. The molecular weight excluding hydrogens is 302 g/mol. The van der Waals surface area contributed by atoms with E-state index in [2.05, 4.69) is 10.2 Å². The number of amidine groups is 1. The summed E-state index contributed by atoms with van der Waals surface area (Å²) < 4.78 is 0. The van der Waals surface area contributed by atoms with Crippen LogP contribution in [-0.2, 0) is 16.1 Å². The number of nitrogens with zero attached hydrogens (tertiary/aromatic N) is 3. The predicted octanol–water partition coefficient (Wildman–Crippen LogP) is -0.426. The van der Waals surface area contributed by atoms with E-state index in [0.29, 0.717) is 5.56 Å². The lowest BCUT2D eigenvalue weighted by atomic mass is 10.1. The third kappa shape index (κ3) is 6.57. The summed E-state index contributed by atoms with van der Waals surface area (Å²) in [5.74, 6) is -2.05. The van der Waals surface area contributed by atoms with Crippen molar-refractivity contribution in [3.63, 3.8) is 0 Å². The molecule has 0 saturated heterocycles. The fourth-order valence-electron chi connectivity index (χ4n) is 2.06. The van der Waals surface area contributed by atoms with E-state index in [0.717, 1.165) is 17.5 Å². The van der Waals surface area contributed by atoms with Crippen molar-refractivity contribution >= 4 is 24.1 Å². The Kier molecular flexibility index (Phi) is 6.68. The van der Waals surface area contributed by atoms with Gasteiger partial charge < -0.3 is 21.7 Å². The van der Waals surface area contributed by atoms with Crippen molar-refractivity contribution < 1.29 is 19.8 Å². The fourth-order valence-corrected chi connectivity index (χ4v) is 2.06. The SMILES string of the molecule is Cc1cc(CN(CC(=O)O)CC(=O)O)cc(/C(N)=N/N=C\N)c1. The van der Waals surface area contributed by atoms with Gasteiger partial charge in [0.2, 0.25) is 0 Å². The Labute approximate surface area is 132 Å². The van der Waals surface area contributed by atoms with E-state index < -0.39 is 11.9 Å². The Morgan fingerprint density at radius 2 is 1.83 bits per heavy atom. The second-order valence-corrected chi connectivity index (χ2v) is 4.89. The van der Waals surface area contributed by atoms with Gasteiger partial charge in [-0.15, -0.1) is 10.2 Å². The number of aliphatic carboxylic acids is 2. The number of hydrogen-bond donors (Lipinski definition) is 4. The Bertz CT molecular complexity index is 626. The molecule has 0 spiro atoms. The molecule has 6 N–H and O–H groups in total. The first kappa shape index (κ1) is 18.1. The Morgan fingerprint density at radius 1 is 1.22 bits per heavy atom. The van der Waals surface area contributed by atoms with E-state index in [9.17, 15) is 9.59 Å². The maximum Gasteiger partial charge on any atom is 0.317 e. The monoisotopic (exact) mass is 321 g/mol. The van der Waals surface area contributed by atoms with Crippen LogP contribution in [0.15, 0.2) is 28.4 Å². The molecule has 0 bridgehead atoms. The number of rotatable bonds is 8. The molecule has 23 heavy (non-hydrogen) atoms. The van der Waals surface area contributed by atoms with Crippen LogP contribution in [0.3, 0.4) is 0 Å². The zero-order valence-electron chi connectivity index (χ0n) is 12.6. The van der Waals surface area contributed by atoms with Crippen LogP contribution in [0.25, 0.3) is 0 Å². The van der Waals surface area contributed by atoms with Gasteiger partial charge in [-0.2, -0.15) is 0 Å². The summed E-state index contributed by atoms with van der Waals surface area (Å²) in [4.78, 5) is 23.0. The highest BCUT2D eigenvalue weighted by molar-refractivity contribution is 5.97. The van der Waals surface area contributed by atoms with Crippen LogP contribution in [0.5, 0.6) is 0 Å². The predicted molar refractivity (Wildman–Crippen MR) is 85.1 cm³/mol. The maximum absolute atomic E-state index is 10.8. The molecule has 0 aromatic heterocycles. The number of aryl methyl sites for hydroxylation is 1. The van der Waals surface area contributed by atoms with Gasteiger partial charge in [-0.3, -0.25) is 14.5 Å². The summed E-state index contributed by atoms with van der Waals surface area (Å²) in [6.07, 6.45) is 1.00. The molecule has 0 aliphatic rings. The van der Waals surface area contributed by atoms with Gasteiger partial charge in [0, 0.05) is 12.1 Å². The second-order valence-electron chi connectivity index (χ2n) is 4.89. The van der Waals surface area contributed by atoms with E-state index >= 15 is 0 Å². The largest absolute Gasteiger partial charge is 0.480 e. The molecule has 0 radical (unpaired) electrons. The highest BCUT2D eigenvalue weighted by atomic mass is 16.4. The molecule has 1 aromatic rings. The van der Waals surface area contributed by atoms with Crippen molar-refractivity contribution in [2.75, 3.05) is 13.1 Å². The molecule has 1 aromatic carbocycles. The van der Waals surface area contributed by atoms with E-state index in [1.807, 2.05) is 13.0 Å². The van der Waals surface area contributed by atoms with Gasteiger partial charge >= 0.3 is 11.9 Å². The zero-order valence-corrected chi connectivity index (χ0v) is 12.6. The summed E-state index contributed by atoms with van der Waals surface area (Å²) in [7, 11) is 0. The van der Waals surface area contributed by atoms with Gasteiger partial charge in [0.05, 0.1) is 13.1 Å². The summed E-state index contributed by atoms with van der Waals surface area (Å²) in [6, 6.07) is 5.31. The second kappa shape index (κ2) is 8.49. The van der Waals surface area contributed by atoms with Crippen LogP contribution in [0, 0.1) is 6.92 Å². The first-order valence-corrected chi connectivity index (χ1v) is 6.65. The number of nitrogens with two attached hydrogens (primary N) is 2. The fraction of sp³-hybridized carbons (Fsp3) is 0.286. The number of hydrogen-bond acceptors (Lipinski definition) is 5. The highest BCUT2D eigenvalue weighted by Crippen LogP contribution is 2.12. The van der Waals surface area contributed by atoms with Crippen molar-refractivity contribution in [1.82, 2.24) is 4.90 Å². The van der Waals surface area contributed by atoms with Crippen LogP contribution >= 0.6 is 0 Å². The van der Waals surface area contributed by atoms with Crippen molar-refractivity contribution in [2.24, 2.45) is 21.7 Å². The standard InChI is InChI=1S/C14H19N5O4/c1-9-2-10(4-11(3-9)14(16)18-17-8-15)5-19(6-12(20)21)7-13(22)23/h2-4,8H,5-7H2,1H3,(H2,15,17)(H2,16,18)(H,20,21)(H,22,23). The zero-order chi connectivity index (χ0) is 17.4. The van der Waals surface area contributed by atoms with Crippen molar-refractivity contribution in [1.29, 1.82) is 0 Å². The Morgan fingerprint density at radius 3 is 2.35 bits per heavy atom. The average Bonchev–Trinajstić information content (AvgIpc) is 2.42. The average molecular weight is 321 g/mol. The quantitative estimate of drug-likeness (QED) is 0.288. The minimum absolute atomic E-state index is 0.152.